The molecule has 2 atom stereocenters. The number of hydrogen-bond donors (Lipinski definition) is 0. The van der Waals surface area contributed by atoms with Crippen LogP contribution in [0.2, 0.25) is 0 Å². The number of hydrogen-bond acceptors (Lipinski definition) is 2. The summed E-state index contributed by atoms with van der Waals surface area (Å²) in [5.41, 5.74) is 4.33. The van der Waals surface area contributed by atoms with Gasteiger partial charge in [0.2, 0.25) is 5.91 Å². The number of benzene rings is 2. The van der Waals surface area contributed by atoms with E-state index in [0.717, 1.165) is 19.3 Å². The lowest BCUT2D eigenvalue weighted by atomic mass is 9.63. The highest BCUT2D eigenvalue weighted by atomic mass is 32.2. The second-order valence-corrected chi connectivity index (χ2v) is 8.86. The third-order valence-electron chi connectivity index (χ3n) is 6.06. The van der Waals surface area contributed by atoms with Crippen molar-refractivity contribution >= 4 is 17.7 Å². The first-order chi connectivity index (χ1) is 12.0. The summed E-state index contributed by atoms with van der Waals surface area (Å²) in [7, 11) is 1.98. The van der Waals surface area contributed by atoms with Crippen molar-refractivity contribution in [1.82, 2.24) is 4.90 Å². The highest BCUT2D eigenvalue weighted by molar-refractivity contribution is 7.99. The molecular formula is C22H25NOS. The Bertz CT molecular complexity index is 831. The van der Waals surface area contributed by atoms with Crippen molar-refractivity contribution in [2.75, 3.05) is 7.05 Å². The van der Waals surface area contributed by atoms with Crippen LogP contribution in [0.15, 0.2) is 52.3 Å². The molecule has 130 valence electrons. The molecule has 2 aromatic carbocycles. The average Bonchev–Trinajstić information content (AvgIpc) is 2.58. The standard InChI is InChI=1S/C22H25NOS/c1-15-5-4-6-17(13-15)25-18-8-9-19-16(14-18)7-10-20-22(19,2)12-11-21(24)23(20)3/h4-6,8-9,13-14,20H,7,10-12H2,1-3H3/t20-,22-/m1/s1. The van der Waals surface area contributed by atoms with E-state index in [4.69, 9.17) is 0 Å². The van der Waals surface area contributed by atoms with E-state index in [1.54, 1.807) is 0 Å². The van der Waals surface area contributed by atoms with Gasteiger partial charge >= 0.3 is 0 Å². The zero-order chi connectivity index (χ0) is 17.6. The molecule has 0 N–H and O–H groups in total. The summed E-state index contributed by atoms with van der Waals surface area (Å²) in [6, 6.07) is 16.0. The van der Waals surface area contributed by atoms with E-state index in [-0.39, 0.29) is 5.41 Å². The van der Waals surface area contributed by atoms with Crippen molar-refractivity contribution in [1.29, 1.82) is 0 Å². The normalized spacial score (nSPS) is 25.5. The Balaban J connectivity index is 1.65. The fourth-order valence-corrected chi connectivity index (χ4v) is 5.64. The Labute approximate surface area is 154 Å². The van der Waals surface area contributed by atoms with Crippen LogP contribution in [0.3, 0.4) is 0 Å². The predicted molar refractivity (Wildman–Crippen MR) is 103 cm³/mol. The second kappa shape index (κ2) is 6.21. The first kappa shape index (κ1) is 16.7. The molecule has 2 nitrogen and oxygen atoms in total. The Kier molecular flexibility index (Phi) is 4.15. The summed E-state index contributed by atoms with van der Waals surface area (Å²) in [6.07, 6.45) is 3.78. The van der Waals surface area contributed by atoms with Gasteiger partial charge in [0.1, 0.15) is 0 Å². The van der Waals surface area contributed by atoms with Gasteiger partial charge in [0.05, 0.1) is 0 Å². The highest BCUT2D eigenvalue weighted by Crippen LogP contribution is 2.46. The van der Waals surface area contributed by atoms with Crippen LogP contribution in [0.4, 0.5) is 0 Å². The van der Waals surface area contributed by atoms with Crippen LogP contribution in [0, 0.1) is 6.92 Å². The van der Waals surface area contributed by atoms with E-state index in [1.165, 1.54) is 26.5 Å². The van der Waals surface area contributed by atoms with Crippen molar-refractivity contribution in [3.8, 4) is 0 Å². The van der Waals surface area contributed by atoms with E-state index >= 15 is 0 Å². The zero-order valence-corrected chi connectivity index (χ0v) is 16.0. The third kappa shape index (κ3) is 2.89. The molecule has 1 saturated heterocycles. The molecule has 0 saturated carbocycles. The summed E-state index contributed by atoms with van der Waals surface area (Å²) < 4.78 is 0. The number of carbonyl (C=O) groups is 1. The van der Waals surface area contributed by atoms with E-state index in [9.17, 15) is 4.79 Å². The molecule has 4 rings (SSSR count). The molecule has 0 aromatic heterocycles. The number of rotatable bonds is 2. The van der Waals surface area contributed by atoms with Crippen LogP contribution < -0.4 is 0 Å². The van der Waals surface area contributed by atoms with Crippen molar-refractivity contribution in [3.05, 3.63) is 59.2 Å². The fourth-order valence-electron chi connectivity index (χ4n) is 4.64. The van der Waals surface area contributed by atoms with Gasteiger partial charge in [0.25, 0.3) is 0 Å². The van der Waals surface area contributed by atoms with E-state index in [0.29, 0.717) is 18.4 Å². The van der Waals surface area contributed by atoms with Crippen LogP contribution in [0.1, 0.15) is 42.9 Å². The maximum absolute atomic E-state index is 12.1. The van der Waals surface area contributed by atoms with E-state index in [1.807, 2.05) is 23.7 Å². The summed E-state index contributed by atoms with van der Waals surface area (Å²) in [5, 5.41) is 0. The van der Waals surface area contributed by atoms with Crippen LogP contribution in [0.5, 0.6) is 0 Å². The number of aryl methyl sites for hydroxylation is 2. The molecule has 1 aliphatic heterocycles. The smallest absolute Gasteiger partial charge is 0.222 e. The van der Waals surface area contributed by atoms with Crippen molar-refractivity contribution in [2.45, 2.75) is 60.8 Å². The summed E-state index contributed by atoms with van der Waals surface area (Å²) in [6.45, 7) is 4.49. The number of likely N-dealkylation sites (tertiary alicyclic amines) is 1. The van der Waals surface area contributed by atoms with E-state index < -0.39 is 0 Å². The van der Waals surface area contributed by atoms with Gasteiger partial charge in [0.15, 0.2) is 0 Å². The quantitative estimate of drug-likeness (QED) is 0.761. The second-order valence-electron chi connectivity index (χ2n) is 7.71. The van der Waals surface area contributed by atoms with E-state index in [2.05, 4.69) is 56.3 Å². The highest BCUT2D eigenvalue weighted by Gasteiger charge is 2.46. The average molecular weight is 352 g/mol. The Hall–Kier alpha value is -1.74. The maximum atomic E-state index is 12.1. The molecule has 0 radical (unpaired) electrons. The van der Waals surface area contributed by atoms with Gasteiger partial charge in [0, 0.05) is 34.7 Å². The lowest BCUT2D eigenvalue weighted by Gasteiger charge is -2.50. The molecule has 25 heavy (non-hydrogen) atoms. The minimum atomic E-state index is 0.1000. The van der Waals surface area contributed by atoms with Gasteiger partial charge < -0.3 is 4.90 Å². The molecular weight excluding hydrogens is 326 g/mol. The van der Waals surface area contributed by atoms with Crippen molar-refractivity contribution < 1.29 is 4.79 Å². The largest absolute Gasteiger partial charge is 0.342 e. The lowest BCUT2D eigenvalue weighted by Crippen LogP contribution is -2.56. The monoisotopic (exact) mass is 351 g/mol. The Morgan fingerprint density at radius 2 is 1.92 bits per heavy atom. The first-order valence-corrected chi connectivity index (χ1v) is 9.92. The number of fused-ring (bicyclic) bond motifs is 3. The molecule has 1 amide bonds. The van der Waals surface area contributed by atoms with Crippen LogP contribution in [0.25, 0.3) is 0 Å². The van der Waals surface area contributed by atoms with Gasteiger partial charge in [-0.15, -0.1) is 0 Å². The molecule has 1 fully saturated rings. The molecule has 2 aliphatic rings. The van der Waals surface area contributed by atoms with Gasteiger partial charge in [-0.05, 0) is 61.6 Å². The van der Waals surface area contributed by atoms with Crippen molar-refractivity contribution in [3.63, 3.8) is 0 Å². The van der Waals surface area contributed by atoms with Gasteiger partial charge in [-0.1, -0.05) is 42.4 Å². The topological polar surface area (TPSA) is 20.3 Å². The van der Waals surface area contributed by atoms with Crippen LogP contribution in [-0.2, 0) is 16.6 Å². The Morgan fingerprint density at radius 1 is 1.12 bits per heavy atom. The lowest BCUT2D eigenvalue weighted by molar-refractivity contribution is -0.138. The first-order valence-electron chi connectivity index (χ1n) is 9.11. The maximum Gasteiger partial charge on any atom is 0.222 e. The number of carbonyl (C=O) groups excluding carboxylic acids is 1. The van der Waals surface area contributed by atoms with Crippen molar-refractivity contribution in [2.24, 2.45) is 0 Å². The summed E-state index contributed by atoms with van der Waals surface area (Å²) >= 11 is 1.84. The molecule has 1 heterocycles. The number of amides is 1. The van der Waals surface area contributed by atoms with Gasteiger partial charge in [-0.2, -0.15) is 0 Å². The van der Waals surface area contributed by atoms with Crippen LogP contribution >= 0.6 is 11.8 Å². The molecule has 2 aromatic rings. The predicted octanol–water partition coefficient (Wildman–Crippen LogP) is 4.97. The fraction of sp³-hybridized carbons (Fsp3) is 0.409. The minimum Gasteiger partial charge on any atom is -0.342 e. The number of likely N-dealkylation sites (N-methyl/N-ethyl adjacent to an activating group) is 1. The summed E-state index contributed by atoms with van der Waals surface area (Å²) in [5.74, 6) is 0.303. The SMILES string of the molecule is Cc1cccc(Sc2ccc3c(c2)CC[C@H]2N(C)C(=O)CC[C@]32C)c1. The van der Waals surface area contributed by atoms with Gasteiger partial charge in [-0.25, -0.2) is 0 Å². The summed E-state index contributed by atoms with van der Waals surface area (Å²) in [4.78, 5) is 16.7. The van der Waals surface area contributed by atoms with Crippen LogP contribution in [-0.4, -0.2) is 23.9 Å². The molecule has 3 heteroatoms. The minimum absolute atomic E-state index is 0.1000. The molecule has 0 unspecified atom stereocenters. The zero-order valence-electron chi connectivity index (χ0n) is 15.2. The molecule has 0 bridgehead atoms. The molecule has 1 aliphatic carbocycles. The number of piperidine rings is 1. The molecule has 0 spiro atoms. The third-order valence-corrected chi connectivity index (χ3v) is 7.04. The van der Waals surface area contributed by atoms with Gasteiger partial charge in [-0.3, -0.25) is 4.79 Å². The number of nitrogens with zero attached hydrogens (tertiary/aromatic N) is 1. The Morgan fingerprint density at radius 3 is 2.72 bits per heavy atom.